The zero-order chi connectivity index (χ0) is 20.8. The highest BCUT2D eigenvalue weighted by atomic mass is 35.5. The highest BCUT2D eigenvalue weighted by Gasteiger charge is 2.31. The van der Waals surface area contributed by atoms with E-state index < -0.39 is 0 Å². The molecule has 0 aromatic heterocycles. The van der Waals surface area contributed by atoms with Crippen molar-refractivity contribution in [3.05, 3.63) is 57.6 Å². The van der Waals surface area contributed by atoms with Crippen LogP contribution in [0.15, 0.2) is 46.6 Å². The lowest BCUT2D eigenvalue weighted by Crippen LogP contribution is -2.26. The number of hydrogen-bond acceptors (Lipinski definition) is 6. The van der Waals surface area contributed by atoms with Crippen molar-refractivity contribution >= 4 is 52.3 Å². The fourth-order valence-electron chi connectivity index (χ4n) is 2.67. The van der Waals surface area contributed by atoms with Gasteiger partial charge in [0.05, 0.1) is 25.2 Å². The Kier molecular flexibility index (Phi) is 7.41. The average Bonchev–Trinajstić information content (AvgIpc) is 3.05. The second-order valence-electron chi connectivity index (χ2n) is 6.03. The summed E-state index contributed by atoms with van der Waals surface area (Å²) in [6, 6.07) is 10.7. The maximum Gasteiger partial charge on any atom is 0.239 e. The van der Waals surface area contributed by atoms with Crippen molar-refractivity contribution in [3.63, 3.8) is 0 Å². The van der Waals surface area contributed by atoms with Crippen molar-refractivity contribution in [1.29, 1.82) is 0 Å². The van der Waals surface area contributed by atoms with Crippen molar-refractivity contribution < 1.29 is 14.3 Å². The molecule has 1 atom stereocenters. The van der Waals surface area contributed by atoms with Gasteiger partial charge in [0.1, 0.15) is 0 Å². The number of amides is 1. The topological polar surface area (TPSA) is 72.3 Å². The van der Waals surface area contributed by atoms with Gasteiger partial charge in [-0.25, -0.2) is 0 Å². The Morgan fingerprint density at radius 3 is 2.79 bits per heavy atom. The standard InChI is InChI=1S/C20H19Cl2N3O3S/c1-3-28-16-7-4-12(8-17(16)27-2)11-23-25-20-24-19(26)18(29-20)10-13-9-14(21)5-6-15(13)22/h4-9,11,18H,3,10H2,1-2H3,(H,24,25,26)/b23-11+. The SMILES string of the molecule is CCOc1ccc(/C=N/N=C2\NC(=O)C(Cc3cc(Cl)ccc3Cl)S2)cc1OC. The minimum absolute atomic E-state index is 0.136. The Morgan fingerprint density at radius 1 is 1.21 bits per heavy atom. The molecule has 1 N–H and O–H groups in total. The van der Waals surface area contributed by atoms with Gasteiger partial charge in [0, 0.05) is 10.0 Å². The highest BCUT2D eigenvalue weighted by Crippen LogP contribution is 2.29. The van der Waals surface area contributed by atoms with E-state index in [4.69, 9.17) is 32.7 Å². The van der Waals surface area contributed by atoms with E-state index in [9.17, 15) is 4.79 Å². The van der Waals surface area contributed by atoms with Gasteiger partial charge in [-0.1, -0.05) is 35.0 Å². The summed E-state index contributed by atoms with van der Waals surface area (Å²) in [5.74, 6) is 1.15. The predicted molar refractivity (Wildman–Crippen MR) is 119 cm³/mol. The summed E-state index contributed by atoms with van der Waals surface area (Å²) < 4.78 is 10.8. The molecule has 29 heavy (non-hydrogen) atoms. The Labute approximate surface area is 183 Å². The summed E-state index contributed by atoms with van der Waals surface area (Å²) in [7, 11) is 1.58. The van der Waals surface area contributed by atoms with Crippen LogP contribution in [0, 0.1) is 0 Å². The smallest absolute Gasteiger partial charge is 0.239 e. The molecule has 1 fully saturated rings. The molecule has 152 valence electrons. The molecular weight excluding hydrogens is 433 g/mol. The van der Waals surface area contributed by atoms with E-state index >= 15 is 0 Å². The molecule has 2 aromatic rings. The van der Waals surface area contributed by atoms with E-state index in [1.165, 1.54) is 11.8 Å². The highest BCUT2D eigenvalue weighted by molar-refractivity contribution is 8.15. The molecule has 1 amide bonds. The molecule has 6 nitrogen and oxygen atoms in total. The molecule has 1 saturated heterocycles. The van der Waals surface area contributed by atoms with Crippen LogP contribution in [0.2, 0.25) is 10.0 Å². The fourth-order valence-corrected chi connectivity index (χ4v) is 4.01. The van der Waals surface area contributed by atoms with E-state index in [0.717, 1.165) is 11.1 Å². The Bertz CT molecular complexity index is 966. The van der Waals surface area contributed by atoms with Crippen LogP contribution in [0.25, 0.3) is 0 Å². The summed E-state index contributed by atoms with van der Waals surface area (Å²) in [5.41, 5.74) is 1.62. The lowest BCUT2D eigenvalue weighted by Gasteiger charge is -2.09. The number of amidine groups is 1. The van der Waals surface area contributed by atoms with Crippen molar-refractivity contribution in [2.24, 2.45) is 10.2 Å². The van der Waals surface area contributed by atoms with Gasteiger partial charge in [0.2, 0.25) is 5.91 Å². The number of carbonyl (C=O) groups is 1. The largest absolute Gasteiger partial charge is 0.493 e. The van der Waals surface area contributed by atoms with Crippen LogP contribution < -0.4 is 14.8 Å². The second-order valence-corrected chi connectivity index (χ2v) is 8.06. The lowest BCUT2D eigenvalue weighted by atomic mass is 10.1. The first-order chi connectivity index (χ1) is 14.0. The summed E-state index contributed by atoms with van der Waals surface area (Å²) >= 11 is 13.5. The van der Waals surface area contributed by atoms with Gasteiger partial charge < -0.3 is 14.8 Å². The summed E-state index contributed by atoms with van der Waals surface area (Å²) in [6.07, 6.45) is 2.04. The third-order valence-corrected chi connectivity index (χ3v) is 5.71. The third kappa shape index (κ3) is 5.65. The summed E-state index contributed by atoms with van der Waals surface area (Å²) in [6.45, 7) is 2.46. The van der Waals surface area contributed by atoms with Gasteiger partial charge in [-0.05, 0) is 60.9 Å². The zero-order valence-electron chi connectivity index (χ0n) is 15.8. The predicted octanol–water partition coefficient (Wildman–Crippen LogP) is 4.56. The molecule has 1 unspecified atom stereocenters. The molecule has 0 radical (unpaired) electrons. The van der Waals surface area contributed by atoms with Crippen LogP contribution in [-0.2, 0) is 11.2 Å². The normalized spacial score (nSPS) is 17.7. The number of hydrogen-bond donors (Lipinski definition) is 1. The van der Waals surface area contributed by atoms with Crippen molar-refractivity contribution in [2.75, 3.05) is 13.7 Å². The molecule has 1 aliphatic rings. The van der Waals surface area contributed by atoms with Crippen LogP contribution >= 0.6 is 35.0 Å². The van der Waals surface area contributed by atoms with Gasteiger partial charge in [-0.2, -0.15) is 5.10 Å². The number of nitrogens with zero attached hydrogens (tertiary/aromatic N) is 2. The molecule has 3 rings (SSSR count). The Hall–Kier alpha value is -2.22. The van der Waals surface area contributed by atoms with E-state index in [0.29, 0.717) is 39.7 Å². The van der Waals surface area contributed by atoms with E-state index in [-0.39, 0.29) is 11.2 Å². The second kappa shape index (κ2) is 10.0. The number of benzene rings is 2. The molecule has 0 bridgehead atoms. The molecule has 2 aromatic carbocycles. The number of nitrogens with one attached hydrogen (secondary N) is 1. The van der Waals surface area contributed by atoms with Crippen LogP contribution in [0.3, 0.4) is 0 Å². The molecule has 0 spiro atoms. The molecule has 9 heteroatoms. The number of thioether (sulfide) groups is 1. The van der Waals surface area contributed by atoms with E-state index in [1.54, 1.807) is 37.6 Å². The molecule has 1 aliphatic heterocycles. The van der Waals surface area contributed by atoms with E-state index in [1.807, 2.05) is 19.1 Å². The van der Waals surface area contributed by atoms with Crippen LogP contribution in [0.5, 0.6) is 11.5 Å². The number of carbonyl (C=O) groups excluding carboxylic acids is 1. The quantitative estimate of drug-likeness (QED) is 0.494. The number of ether oxygens (including phenoxy) is 2. The minimum Gasteiger partial charge on any atom is -0.493 e. The minimum atomic E-state index is -0.342. The lowest BCUT2D eigenvalue weighted by molar-refractivity contribution is -0.118. The van der Waals surface area contributed by atoms with Crippen LogP contribution in [-0.4, -0.2) is 36.3 Å². The van der Waals surface area contributed by atoms with Crippen LogP contribution in [0.1, 0.15) is 18.1 Å². The van der Waals surface area contributed by atoms with Gasteiger partial charge in [-0.3, -0.25) is 4.79 Å². The molecule has 0 aliphatic carbocycles. The van der Waals surface area contributed by atoms with Crippen molar-refractivity contribution in [2.45, 2.75) is 18.6 Å². The number of rotatable bonds is 7. The van der Waals surface area contributed by atoms with Gasteiger partial charge in [0.25, 0.3) is 0 Å². The van der Waals surface area contributed by atoms with Crippen molar-refractivity contribution in [3.8, 4) is 11.5 Å². The Balaban J connectivity index is 1.66. The summed E-state index contributed by atoms with van der Waals surface area (Å²) in [5, 5.41) is 12.2. The van der Waals surface area contributed by atoms with Crippen molar-refractivity contribution in [1.82, 2.24) is 5.32 Å². The number of halogens is 2. The summed E-state index contributed by atoms with van der Waals surface area (Å²) in [4.78, 5) is 12.2. The maximum absolute atomic E-state index is 12.2. The van der Waals surface area contributed by atoms with Gasteiger partial charge in [0.15, 0.2) is 16.7 Å². The average molecular weight is 452 g/mol. The first-order valence-electron chi connectivity index (χ1n) is 8.83. The molecule has 0 saturated carbocycles. The van der Waals surface area contributed by atoms with Crippen LogP contribution in [0.4, 0.5) is 0 Å². The molecule has 1 heterocycles. The van der Waals surface area contributed by atoms with Gasteiger partial charge in [-0.15, -0.1) is 5.10 Å². The zero-order valence-corrected chi connectivity index (χ0v) is 18.1. The van der Waals surface area contributed by atoms with E-state index in [2.05, 4.69) is 15.5 Å². The monoisotopic (exact) mass is 451 g/mol. The maximum atomic E-state index is 12.2. The third-order valence-electron chi connectivity index (χ3n) is 4.03. The first kappa shape index (κ1) is 21.5. The fraction of sp³-hybridized carbons (Fsp3) is 0.250. The molecular formula is C20H19Cl2N3O3S. The first-order valence-corrected chi connectivity index (χ1v) is 10.5. The number of methoxy groups -OCH3 is 1. The Morgan fingerprint density at radius 2 is 2.03 bits per heavy atom. The van der Waals surface area contributed by atoms with Gasteiger partial charge >= 0.3 is 0 Å².